The highest BCUT2D eigenvalue weighted by Gasteiger charge is 2.08. The van der Waals surface area contributed by atoms with Crippen molar-refractivity contribution >= 4 is 21.8 Å². The zero-order chi connectivity index (χ0) is 14.3. The molecule has 0 saturated heterocycles. The quantitative estimate of drug-likeness (QED) is 0.805. The number of methoxy groups -OCH3 is 1. The van der Waals surface area contributed by atoms with Gasteiger partial charge in [0.25, 0.3) is 0 Å². The average Bonchev–Trinajstić information content (AvgIpc) is 2.42. The van der Waals surface area contributed by atoms with E-state index in [0.717, 1.165) is 15.8 Å². The minimum atomic E-state index is -0.0117. The van der Waals surface area contributed by atoms with E-state index in [-0.39, 0.29) is 18.4 Å². The number of hydrogen-bond donors (Lipinski definition) is 2. The molecule has 0 fully saturated rings. The second-order valence-corrected chi connectivity index (χ2v) is 5.46. The number of halogens is 1. The van der Waals surface area contributed by atoms with Crippen LogP contribution in [-0.4, -0.2) is 31.3 Å². The van der Waals surface area contributed by atoms with Crippen molar-refractivity contribution < 1.29 is 14.6 Å². The van der Waals surface area contributed by atoms with Gasteiger partial charge in [-0.15, -0.1) is 0 Å². The Morgan fingerprint density at radius 2 is 2.26 bits per heavy atom. The lowest BCUT2D eigenvalue weighted by Crippen LogP contribution is -2.29. The molecule has 2 N–H and O–H groups in total. The largest absolute Gasteiger partial charge is 0.496 e. The number of aryl methyl sites for hydroxylation is 1. The van der Waals surface area contributed by atoms with Crippen molar-refractivity contribution in [2.45, 2.75) is 19.8 Å². The summed E-state index contributed by atoms with van der Waals surface area (Å²) in [7, 11) is 1.62. The molecule has 0 bridgehead atoms. The standard InChI is InChI=1S/C14H20BrNO3/c1-10(9-17)8-16-14(18)6-3-11-7-12(15)4-5-13(11)19-2/h4-5,7,10,17H,3,6,8-9H2,1-2H3,(H,16,18). The van der Waals surface area contributed by atoms with Crippen molar-refractivity contribution in [1.82, 2.24) is 5.32 Å². The van der Waals surface area contributed by atoms with E-state index in [1.807, 2.05) is 25.1 Å². The summed E-state index contributed by atoms with van der Waals surface area (Å²) in [6.07, 6.45) is 1.03. The first-order valence-electron chi connectivity index (χ1n) is 6.26. The molecule has 0 spiro atoms. The fourth-order valence-corrected chi connectivity index (χ4v) is 2.04. The van der Waals surface area contributed by atoms with E-state index in [2.05, 4.69) is 21.2 Å². The lowest BCUT2D eigenvalue weighted by atomic mass is 10.1. The molecule has 1 atom stereocenters. The number of hydrogen-bond acceptors (Lipinski definition) is 3. The van der Waals surface area contributed by atoms with Gasteiger partial charge in [-0.3, -0.25) is 4.79 Å². The number of aliphatic hydroxyl groups excluding tert-OH is 1. The van der Waals surface area contributed by atoms with Crippen molar-refractivity contribution in [2.24, 2.45) is 5.92 Å². The molecule has 4 nitrogen and oxygen atoms in total. The monoisotopic (exact) mass is 329 g/mol. The molecule has 0 aliphatic heterocycles. The molecule has 1 rings (SSSR count). The topological polar surface area (TPSA) is 58.6 Å². The van der Waals surface area contributed by atoms with E-state index >= 15 is 0 Å². The molecule has 1 amide bonds. The van der Waals surface area contributed by atoms with Crippen LogP contribution in [0.3, 0.4) is 0 Å². The SMILES string of the molecule is COc1ccc(Br)cc1CCC(=O)NCC(C)CO. The van der Waals surface area contributed by atoms with Crippen LogP contribution in [0.2, 0.25) is 0 Å². The third-order valence-corrected chi connectivity index (χ3v) is 3.32. The van der Waals surface area contributed by atoms with Crippen LogP contribution in [0, 0.1) is 5.92 Å². The fourth-order valence-electron chi connectivity index (χ4n) is 1.63. The lowest BCUT2D eigenvalue weighted by Gasteiger charge is -2.11. The number of aliphatic hydroxyl groups is 1. The molecule has 0 aliphatic rings. The minimum Gasteiger partial charge on any atom is -0.496 e. The number of ether oxygens (including phenoxy) is 1. The molecule has 5 heteroatoms. The first-order valence-corrected chi connectivity index (χ1v) is 7.06. The summed E-state index contributed by atoms with van der Waals surface area (Å²) >= 11 is 3.41. The molecule has 1 unspecified atom stereocenters. The Hall–Kier alpha value is -1.07. The molecule has 0 aliphatic carbocycles. The van der Waals surface area contributed by atoms with Crippen LogP contribution in [0.25, 0.3) is 0 Å². The molecule has 0 saturated carbocycles. The number of rotatable bonds is 7. The number of benzene rings is 1. The van der Waals surface area contributed by atoms with Gasteiger partial charge in [0.05, 0.1) is 7.11 Å². The first-order chi connectivity index (χ1) is 9.06. The smallest absolute Gasteiger partial charge is 0.220 e. The summed E-state index contributed by atoms with van der Waals surface area (Å²) in [6, 6.07) is 5.75. The summed E-state index contributed by atoms with van der Waals surface area (Å²) < 4.78 is 6.23. The first kappa shape index (κ1) is 16.0. The van der Waals surface area contributed by atoms with E-state index in [9.17, 15) is 4.79 Å². The van der Waals surface area contributed by atoms with Gasteiger partial charge in [-0.05, 0) is 36.1 Å². The van der Waals surface area contributed by atoms with Crippen LogP contribution in [0.4, 0.5) is 0 Å². The molecule has 0 radical (unpaired) electrons. The number of amides is 1. The maximum absolute atomic E-state index is 11.7. The molecule has 1 aromatic carbocycles. The van der Waals surface area contributed by atoms with Crippen LogP contribution in [0.5, 0.6) is 5.75 Å². The van der Waals surface area contributed by atoms with Gasteiger partial charge in [-0.1, -0.05) is 22.9 Å². The second-order valence-electron chi connectivity index (χ2n) is 4.55. The Bertz CT molecular complexity index is 423. The van der Waals surface area contributed by atoms with Crippen molar-refractivity contribution in [3.05, 3.63) is 28.2 Å². The number of carbonyl (C=O) groups excluding carboxylic acids is 1. The molecule has 0 heterocycles. The predicted molar refractivity (Wildman–Crippen MR) is 78.3 cm³/mol. The van der Waals surface area contributed by atoms with Gasteiger partial charge in [-0.25, -0.2) is 0 Å². The maximum atomic E-state index is 11.7. The lowest BCUT2D eigenvalue weighted by molar-refractivity contribution is -0.121. The van der Waals surface area contributed by atoms with Gasteiger partial charge in [0.1, 0.15) is 5.75 Å². The van der Waals surface area contributed by atoms with Gasteiger partial charge in [0.2, 0.25) is 5.91 Å². The van der Waals surface area contributed by atoms with E-state index < -0.39 is 0 Å². The van der Waals surface area contributed by atoms with Crippen LogP contribution >= 0.6 is 15.9 Å². The predicted octanol–water partition coefficient (Wildman–Crippen LogP) is 2.13. The van der Waals surface area contributed by atoms with Gasteiger partial charge in [0, 0.05) is 24.0 Å². The average molecular weight is 330 g/mol. The normalized spacial score (nSPS) is 12.0. The van der Waals surface area contributed by atoms with Gasteiger partial charge in [-0.2, -0.15) is 0 Å². The summed E-state index contributed by atoms with van der Waals surface area (Å²) in [5.74, 6) is 0.867. The van der Waals surface area contributed by atoms with Crippen molar-refractivity contribution in [2.75, 3.05) is 20.3 Å². The number of carbonyl (C=O) groups is 1. The molecule has 1 aromatic rings. The Morgan fingerprint density at radius 3 is 2.89 bits per heavy atom. The van der Waals surface area contributed by atoms with Crippen LogP contribution in [0.15, 0.2) is 22.7 Å². The van der Waals surface area contributed by atoms with Gasteiger partial charge >= 0.3 is 0 Å². The highest BCUT2D eigenvalue weighted by Crippen LogP contribution is 2.24. The third-order valence-electron chi connectivity index (χ3n) is 2.82. The Morgan fingerprint density at radius 1 is 1.53 bits per heavy atom. The summed E-state index contributed by atoms with van der Waals surface area (Å²) in [5, 5.41) is 11.7. The van der Waals surface area contributed by atoms with Gasteiger partial charge < -0.3 is 15.2 Å². The van der Waals surface area contributed by atoms with Crippen molar-refractivity contribution in [3.8, 4) is 5.75 Å². The van der Waals surface area contributed by atoms with E-state index in [0.29, 0.717) is 19.4 Å². The number of nitrogens with one attached hydrogen (secondary N) is 1. The van der Waals surface area contributed by atoms with Crippen molar-refractivity contribution in [3.63, 3.8) is 0 Å². The zero-order valence-corrected chi connectivity index (χ0v) is 12.9. The summed E-state index contributed by atoms with van der Waals surface area (Å²) in [6.45, 7) is 2.47. The van der Waals surface area contributed by atoms with Crippen LogP contribution in [0.1, 0.15) is 18.9 Å². The van der Waals surface area contributed by atoms with Crippen LogP contribution in [-0.2, 0) is 11.2 Å². The van der Waals surface area contributed by atoms with Gasteiger partial charge in [0.15, 0.2) is 0 Å². The second kappa shape index (κ2) is 8.17. The minimum absolute atomic E-state index is 0.0117. The molecular weight excluding hydrogens is 310 g/mol. The fraction of sp³-hybridized carbons (Fsp3) is 0.500. The molecule has 0 aromatic heterocycles. The van der Waals surface area contributed by atoms with Crippen LogP contribution < -0.4 is 10.1 Å². The zero-order valence-electron chi connectivity index (χ0n) is 11.3. The highest BCUT2D eigenvalue weighted by molar-refractivity contribution is 9.10. The summed E-state index contributed by atoms with van der Waals surface area (Å²) in [4.78, 5) is 11.7. The molecule has 106 valence electrons. The third kappa shape index (κ3) is 5.61. The Balaban J connectivity index is 2.47. The molecular formula is C14H20BrNO3. The van der Waals surface area contributed by atoms with Crippen molar-refractivity contribution in [1.29, 1.82) is 0 Å². The highest BCUT2D eigenvalue weighted by atomic mass is 79.9. The van der Waals surface area contributed by atoms with E-state index in [1.54, 1.807) is 7.11 Å². The van der Waals surface area contributed by atoms with E-state index in [4.69, 9.17) is 9.84 Å². The Kier molecular flexibility index (Phi) is 6.87. The molecule has 19 heavy (non-hydrogen) atoms. The van der Waals surface area contributed by atoms with E-state index in [1.165, 1.54) is 0 Å². The Labute approximate surface area is 122 Å². The maximum Gasteiger partial charge on any atom is 0.220 e. The summed E-state index contributed by atoms with van der Waals surface area (Å²) in [5.41, 5.74) is 1.00.